The molecule has 0 saturated carbocycles. The van der Waals surface area contributed by atoms with E-state index >= 15 is 0 Å². The first-order chi connectivity index (χ1) is 15.8. The van der Waals surface area contributed by atoms with Crippen molar-refractivity contribution in [2.75, 3.05) is 19.0 Å². The SMILES string of the molecule is COc1cc(/C=C\c2nc(O)c([N+](=O)[O-])c(=O)[nH]2)ccc1OCC(=O)Nc1ccc(C)cc1. The van der Waals surface area contributed by atoms with Crippen molar-refractivity contribution in [2.24, 2.45) is 0 Å². The number of hydrogen-bond donors (Lipinski definition) is 3. The van der Waals surface area contributed by atoms with E-state index in [2.05, 4.69) is 15.3 Å². The molecule has 3 N–H and O–H groups in total. The van der Waals surface area contributed by atoms with Gasteiger partial charge in [0.2, 0.25) is 0 Å². The number of hydrogen-bond acceptors (Lipinski definition) is 8. The number of anilines is 1. The van der Waals surface area contributed by atoms with Gasteiger partial charge in [-0.1, -0.05) is 29.8 Å². The third kappa shape index (κ3) is 5.94. The highest BCUT2D eigenvalue weighted by Crippen LogP contribution is 2.29. The van der Waals surface area contributed by atoms with Crippen LogP contribution in [0.5, 0.6) is 17.4 Å². The van der Waals surface area contributed by atoms with Gasteiger partial charge in [-0.15, -0.1) is 0 Å². The van der Waals surface area contributed by atoms with Crippen molar-refractivity contribution in [1.82, 2.24) is 9.97 Å². The van der Waals surface area contributed by atoms with E-state index < -0.39 is 22.0 Å². The molecule has 1 amide bonds. The fourth-order valence-electron chi connectivity index (χ4n) is 2.78. The molecule has 0 saturated heterocycles. The molecule has 3 aromatic rings. The molecule has 33 heavy (non-hydrogen) atoms. The minimum Gasteiger partial charge on any atom is -0.493 e. The molecule has 11 heteroatoms. The number of amides is 1. The maximum atomic E-state index is 12.1. The Morgan fingerprint density at radius 3 is 2.58 bits per heavy atom. The molecule has 0 unspecified atom stereocenters. The molecule has 1 aromatic heterocycles. The summed E-state index contributed by atoms with van der Waals surface area (Å²) in [5.41, 5.74) is 0.254. The summed E-state index contributed by atoms with van der Waals surface area (Å²) in [6.07, 6.45) is 2.90. The van der Waals surface area contributed by atoms with E-state index in [1.165, 1.54) is 13.2 Å². The van der Waals surface area contributed by atoms with Gasteiger partial charge in [0, 0.05) is 5.69 Å². The van der Waals surface area contributed by atoms with E-state index in [4.69, 9.17) is 9.47 Å². The number of ether oxygens (including phenoxy) is 2. The van der Waals surface area contributed by atoms with Gasteiger partial charge in [-0.2, -0.15) is 4.98 Å². The van der Waals surface area contributed by atoms with Gasteiger partial charge >= 0.3 is 11.2 Å². The van der Waals surface area contributed by atoms with Crippen LogP contribution in [0.15, 0.2) is 47.3 Å². The Kier molecular flexibility index (Phi) is 7.03. The highest BCUT2D eigenvalue weighted by Gasteiger charge is 2.21. The lowest BCUT2D eigenvalue weighted by Gasteiger charge is -2.11. The Bertz CT molecular complexity index is 1270. The molecule has 1 heterocycles. The number of nitrogens with zero attached hydrogens (tertiary/aromatic N) is 2. The average Bonchev–Trinajstić information content (AvgIpc) is 2.77. The molecule has 2 aromatic carbocycles. The molecule has 0 aliphatic carbocycles. The smallest absolute Gasteiger partial charge is 0.395 e. The zero-order valence-electron chi connectivity index (χ0n) is 17.7. The number of aromatic hydroxyl groups is 1. The fourth-order valence-corrected chi connectivity index (χ4v) is 2.78. The molecule has 0 atom stereocenters. The lowest BCUT2D eigenvalue weighted by molar-refractivity contribution is -0.387. The molecular formula is C22H20N4O7. The summed E-state index contributed by atoms with van der Waals surface area (Å²) in [5, 5.41) is 23.1. The lowest BCUT2D eigenvalue weighted by Crippen LogP contribution is -2.20. The first kappa shape index (κ1) is 23.0. The first-order valence-electron chi connectivity index (χ1n) is 9.60. The van der Waals surface area contributed by atoms with Crippen LogP contribution in [0.3, 0.4) is 0 Å². The van der Waals surface area contributed by atoms with Crippen molar-refractivity contribution in [3.63, 3.8) is 0 Å². The number of nitro groups is 1. The predicted octanol–water partition coefficient (Wildman–Crippen LogP) is 2.89. The fraction of sp³-hybridized carbons (Fsp3) is 0.136. The van der Waals surface area contributed by atoms with Crippen LogP contribution in [0.1, 0.15) is 17.0 Å². The molecule has 0 aliphatic rings. The summed E-state index contributed by atoms with van der Waals surface area (Å²) in [6, 6.07) is 12.2. The summed E-state index contributed by atoms with van der Waals surface area (Å²) in [6.45, 7) is 1.72. The number of aromatic amines is 1. The van der Waals surface area contributed by atoms with Gasteiger partial charge in [0.05, 0.1) is 12.0 Å². The molecule has 0 spiro atoms. The Morgan fingerprint density at radius 1 is 1.21 bits per heavy atom. The van der Waals surface area contributed by atoms with Gasteiger partial charge in [0.15, 0.2) is 18.1 Å². The second kappa shape index (κ2) is 10.1. The van der Waals surface area contributed by atoms with Gasteiger partial charge < -0.3 is 24.9 Å². The molecule has 11 nitrogen and oxygen atoms in total. The first-order valence-corrected chi connectivity index (χ1v) is 9.60. The zero-order chi connectivity index (χ0) is 24.0. The predicted molar refractivity (Wildman–Crippen MR) is 120 cm³/mol. The number of nitrogens with one attached hydrogen (secondary N) is 2. The lowest BCUT2D eigenvalue weighted by atomic mass is 10.2. The number of H-pyrrole nitrogens is 1. The van der Waals surface area contributed by atoms with Gasteiger partial charge in [0.25, 0.3) is 11.8 Å². The largest absolute Gasteiger partial charge is 0.493 e. The van der Waals surface area contributed by atoms with E-state index in [1.54, 1.807) is 36.4 Å². The topological polar surface area (TPSA) is 157 Å². The number of methoxy groups -OCH3 is 1. The molecule has 0 radical (unpaired) electrons. The Morgan fingerprint density at radius 2 is 1.94 bits per heavy atom. The summed E-state index contributed by atoms with van der Waals surface area (Å²) in [5.74, 6) is -0.691. The maximum absolute atomic E-state index is 12.1. The quantitative estimate of drug-likeness (QED) is 0.348. The van der Waals surface area contributed by atoms with Crippen molar-refractivity contribution in [2.45, 2.75) is 6.92 Å². The van der Waals surface area contributed by atoms with Crippen molar-refractivity contribution in [3.05, 3.63) is 79.9 Å². The second-order valence-electron chi connectivity index (χ2n) is 6.83. The Balaban J connectivity index is 1.68. The number of aromatic nitrogens is 2. The number of carbonyl (C=O) groups is 1. The van der Waals surface area contributed by atoms with Crippen molar-refractivity contribution in [1.29, 1.82) is 0 Å². The van der Waals surface area contributed by atoms with E-state index in [0.717, 1.165) is 5.56 Å². The summed E-state index contributed by atoms with van der Waals surface area (Å²) in [7, 11) is 1.44. The second-order valence-corrected chi connectivity index (χ2v) is 6.83. The van der Waals surface area contributed by atoms with Crippen LogP contribution in [0, 0.1) is 17.0 Å². The molecular weight excluding hydrogens is 432 g/mol. The van der Waals surface area contributed by atoms with Crippen molar-refractivity contribution >= 4 is 29.4 Å². The van der Waals surface area contributed by atoms with Gasteiger partial charge in [-0.25, -0.2) is 0 Å². The van der Waals surface area contributed by atoms with Crippen LogP contribution in [-0.2, 0) is 4.79 Å². The van der Waals surface area contributed by atoms with Crippen molar-refractivity contribution in [3.8, 4) is 17.4 Å². The van der Waals surface area contributed by atoms with E-state index in [-0.39, 0.29) is 18.3 Å². The Hall–Kier alpha value is -4.67. The minimum atomic E-state index is -1.07. The number of aryl methyl sites for hydroxylation is 1. The van der Waals surface area contributed by atoms with Crippen LogP contribution in [0.25, 0.3) is 12.2 Å². The van der Waals surface area contributed by atoms with E-state index in [0.29, 0.717) is 22.7 Å². The normalized spacial score (nSPS) is 10.7. The molecule has 0 bridgehead atoms. The average molecular weight is 452 g/mol. The molecule has 0 aliphatic heterocycles. The summed E-state index contributed by atoms with van der Waals surface area (Å²) >= 11 is 0. The van der Waals surface area contributed by atoms with E-state index in [9.17, 15) is 24.8 Å². The molecule has 3 rings (SSSR count). The highest BCUT2D eigenvalue weighted by molar-refractivity contribution is 5.91. The zero-order valence-corrected chi connectivity index (χ0v) is 17.7. The van der Waals surface area contributed by atoms with E-state index in [1.807, 2.05) is 19.1 Å². The molecule has 0 fully saturated rings. The van der Waals surface area contributed by atoms with Gasteiger partial charge in [-0.3, -0.25) is 19.7 Å². The van der Waals surface area contributed by atoms with Gasteiger partial charge in [0.1, 0.15) is 5.82 Å². The maximum Gasteiger partial charge on any atom is 0.395 e. The van der Waals surface area contributed by atoms with Crippen LogP contribution in [-0.4, -0.2) is 39.6 Å². The van der Waals surface area contributed by atoms with Crippen LogP contribution in [0.4, 0.5) is 11.4 Å². The number of benzene rings is 2. The molecule has 170 valence electrons. The van der Waals surface area contributed by atoms with Crippen LogP contribution in [0.2, 0.25) is 0 Å². The minimum absolute atomic E-state index is 0.0739. The van der Waals surface area contributed by atoms with Crippen LogP contribution >= 0.6 is 0 Å². The van der Waals surface area contributed by atoms with Crippen LogP contribution < -0.4 is 20.3 Å². The van der Waals surface area contributed by atoms with Gasteiger partial charge in [-0.05, 0) is 42.8 Å². The van der Waals surface area contributed by atoms with Crippen molar-refractivity contribution < 1.29 is 24.3 Å². The standard InChI is InChI=1S/C22H20N4O7/c1-13-3-7-15(8-4-13)23-19(27)12-33-16-9-5-14(11-17(16)32-2)6-10-18-24-21(28)20(26(30)31)22(29)25-18/h3-11H,12H2,1-2H3,(H,23,27)(H2,24,25,28,29)/b10-6-. The Labute approximate surface area is 187 Å². The monoisotopic (exact) mass is 452 g/mol. The third-order valence-corrected chi connectivity index (χ3v) is 4.39. The summed E-state index contributed by atoms with van der Waals surface area (Å²) < 4.78 is 10.9. The highest BCUT2D eigenvalue weighted by atomic mass is 16.6. The summed E-state index contributed by atoms with van der Waals surface area (Å²) in [4.78, 5) is 39.4. The third-order valence-electron chi connectivity index (χ3n) is 4.39. The number of carbonyl (C=O) groups excluding carboxylic acids is 1. The number of rotatable bonds is 8.